The number of carbonyl (C=O) groups excluding carboxylic acids is 3. The van der Waals surface area contributed by atoms with E-state index in [9.17, 15) is 24.5 Å². The van der Waals surface area contributed by atoms with Crippen molar-refractivity contribution >= 4 is 39.8 Å². The minimum atomic E-state index is -0.697. The number of thiophene rings is 1. The highest BCUT2D eigenvalue weighted by Gasteiger charge is 2.26. The third-order valence-electron chi connectivity index (χ3n) is 3.82. The van der Waals surface area contributed by atoms with Gasteiger partial charge in [0.05, 0.1) is 22.5 Å². The fourth-order valence-corrected chi connectivity index (χ4v) is 3.53. The zero-order chi connectivity index (χ0) is 20.8. The zero-order valence-corrected chi connectivity index (χ0v) is 16.3. The normalized spacial score (nSPS) is 10.2. The van der Waals surface area contributed by atoms with Crippen LogP contribution in [0.2, 0.25) is 0 Å². The van der Waals surface area contributed by atoms with Crippen molar-refractivity contribution in [2.75, 3.05) is 19.0 Å². The molecule has 0 aliphatic heterocycles. The predicted octanol–water partition coefficient (Wildman–Crippen LogP) is 3.14. The van der Waals surface area contributed by atoms with Gasteiger partial charge >= 0.3 is 5.97 Å². The summed E-state index contributed by atoms with van der Waals surface area (Å²) in [5.74, 6) is -1.70. The number of nitrogens with zero attached hydrogens (tertiary/aromatic N) is 1. The molecule has 0 saturated carbocycles. The van der Waals surface area contributed by atoms with Crippen LogP contribution in [0, 0.1) is 17.0 Å². The van der Waals surface area contributed by atoms with E-state index in [-0.39, 0.29) is 32.6 Å². The fourth-order valence-electron chi connectivity index (χ4n) is 2.42. The Kier molecular flexibility index (Phi) is 6.83. The van der Waals surface area contributed by atoms with Gasteiger partial charge in [-0.15, -0.1) is 11.3 Å². The summed E-state index contributed by atoms with van der Waals surface area (Å²) in [7, 11) is 1.20. The Morgan fingerprint density at radius 1 is 1.25 bits per heavy atom. The number of hydrogen-bond donors (Lipinski definition) is 2. The molecule has 0 radical (unpaired) electrons. The lowest BCUT2D eigenvalue weighted by molar-refractivity contribution is -0.384. The SMILES string of the molecule is CCCNC(=O)c1sc(NC(=O)c2cccc([N+](=O)[O-])c2)c(C(=O)OC)c1C. The first kappa shape index (κ1) is 21.0. The van der Waals surface area contributed by atoms with Crippen molar-refractivity contribution in [3.63, 3.8) is 0 Å². The lowest BCUT2D eigenvalue weighted by Crippen LogP contribution is -2.23. The Balaban J connectivity index is 2.39. The van der Waals surface area contributed by atoms with Crippen molar-refractivity contribution in [1.82, 2.24) is 5.32 Å². The number of methoxy groups -OCH3 is 1. The Morgan fingerprint density at radius 3 is 2.57 bits per heavy atom. The molecule has 0 aliphatic rings. The van der Waals surface area contributed by atoms with Crippen LogP contribution in [0.25, 0.3) is 0 Å². The van der Waals surface area contributed by atoms with Crippen LogP contribution in [0.5, 0.6) is 0 Å². The molecular formula is C18H19N3O6S. The minimum Gasteiger partial charge on any atom is -0.465 e. The van der Waals surface area contributed by atoms with Gasteiger partial charge in [0.2, 0.25) is 0 Å². The van der Waals surface area contributed by atoms with Crippen LogP contribution in [0.4, 0.5) is 10.7 Å². The van der Waals surface area contributed by atoms with E-state index in [1.807, 2.05) is 6.92 Å². The molecule has 2 aromatic rings. The Morgan fingerprint density at radius 2 is 1.96 bits per heavy atom. The lowest BCUT2D eigenvalue weighted by atomic mass is 10.1. The summed E-state index contributed by atoms with van der Waals surface area (Å²) in [6, 6.07) is 5.19. The van der Waals surface area contributed by atoms with Crippen LogP contribution in [-0.4, -0.2) is 36.4 Å². The smallest absolute Gasteiger partial charge is 0.341 e. The average Bonchev–Trinajstić information content (AvgIpc) is 3.01. The first-order valence-electron chi connectivity index (χ1n) is 8.35. The van der Waals surface area contributed by atoms with Gasteiger partial charge in [-0.2, -0.15) is 0 Å². The molecule has 1 aromatic heterocycles. The monoisotopic (exact) mass is 405 g/mol. The predicted molar refractivity (Wildman–Crippen MR) is 104 cm³/mol. The van der Waals surface area contributed by atoms with Gasteiger partial charge in [0.25, 0.3) is 17.5 Å². The summed E-state index contributed by atoms with van der Waals surface area (Å²) in [6.07, 6.45) is 0.746. The maximum absolute atomic E-state index is 12.5. The highest BCUT2D eigenvalue weighted by Crippen LogP contribution is 2.34. The van der Waals surface area contributed by atoms with Crippen molar-refractivity contribution in [2.24, 2.45) is 0 Å². The molecule has 0 atom stereocenters. The van der Waals surface area contributed by atoms with Crippen LogP contribution in [0.1, 0.15) is 49.3 Å². The van der Waals surface area contributed by atoms with Gasteiger partial charge < -0.3 is 15.4 Å². The van der Waals surface area contributed by atoms with E-state index in [0.29, 0.717) is 12.1 Å². The Bertz CT molecular complexity index is 937. The topological polar surface area (TPSA) is 128 Å². The number of ether oxygens (including phenoxy) is 1. The standard InChI is InChI=1S/C18H19N3O6S/c1-4-8-19-16(23)14-10(2)13(18(24)27-3)17(28-14)20-15(22)11-6-5-7-12(9-11)21(25)26/h5-7,9H,4,8H2,1-3H3,(H,19,23)(H,20,22). The van der Waals surface area contributed by atoms with Crippen LogP contribution in [-0.2, 0) is 4.74 Å². The summed E-state index contributed by atoms with van der Waals surface area (Å²) >= 11 is 0.943. The van der Waals surface area contributed by atoms with E-state index in [1.54, 1.807) is 6.92 Å². The average molecular weight is 405 g/mol. The van der Waals surface area contributed by atoms with Crippen molar-refractivity contribution in [2.45, 2.75) is 20.3 Å². The molecule has 2 amide bonds. The first-order chi connectivity index (χ1) is 13.3. The number of esters is 1. The maximum atomic E-state index is 12.5. The second-order valence-corrected chi connectivity index (χ2v) is 6.79. The van der Waals surface area contributed by atoms with Crippen LogP contribution < -0.4 is 10.6 Å². The summed E-state index contributed by atoms with van der Waals surface area (Å²) in [4.78, 5) is 47.6. The van der Waals surface area contributed by atoms with Crippen LogP contribution in [0.15, 0.2) is 24.3 Å². The molecule has 28 heavy (non-hydrogen) atoms. The number of hydrogen-bond acceptors (Lipinski definition) is 7. The molecule has 0 unspecified atom stereocenters. The molecule has 1 aromatic carbocycles. The summed E-state index contributed by atoms with van der Waals surface area (Å²) in [5, 5.41) is 16.3. The third kappa shape index (κ3) is 4.52. The van der Waals surface area contributed by atoms with E-state index in [4.69, 9.17) is 4.74 Å². The number of amides is 2. The molecule has 148 valence electrons. The van der Waals surface area contributed by atoms with Gasteiger partial charge in [-0.3, -0.25) is 19.7 Å². The third-order valence-corrected chi connectivity index (χ3v) is 5.03. The number of anilines is 1. The number of benzene rings is 1. The summed E-state index contributed by atoms with van der Waals surface area (Å²) in [5.41, 5.74) is 0.281. The van der Waals surface area contributed by atoms with Crippen molar-refractivity contribution in [1.29, 1.82) is 0 Å². The zero-order valence-electron chi connectivity index (χ0n) is 15.5. The van der Waals surface area contributed by atoms with E-state index >= 15 is 0 Å². The quantitative estimate of drug-likeness (QED) is 0.414. The molecule has 0 spiro atoms. The maximum Gasteiger partial charge on any atom is 0.341 e. The highest BCUT2D eigenvalue weighted by atomic mass is 32.1. The number of nitro groups is 1. The van der Waals surface area contributed by atoms with Crippen molar-refractivity contribution in [3.8, 4) is 0 Å². The van der Waals surface area contributed by atoms with Gasteiger partial charge in [-0.25, -0.2) is 4.79 Å². The summed E-state index contributed by atoms with van der Waals surface area (Å²) < 4.78 is 4.77. The van der Waals surface area contributed by atoms with Crippen molar-refractivity contribution < 1.29 is 24.0 Å². The van der Waals surface area contributed by atoms with Gasteiger partial charge in [0.1, 0.15) is 5.00 Å². The van der Waals surface area contributed by atoms with E-state index in [1.165, 1.54) is 25.3 Å². The van der Waals surface area contributed by atoms with Crippen LogP contribution >= 0.6 is 11.3 Å². The number of carbonyl (C=O) groups is 3. The molecule has 2 N–H and O–H groups in total. The second-order valence-electron chi connectivity index (χ2n) is 5.77. The van der Waals surface area contributed by atoms with E-state index in [2.05, 4.69) is 10.6 Å². The largest absolute Gasteiger partial charge is 0.465 e. The molecule has 0 fully saturated rings. The van der Waals surface area contributed by atoms with Gasteiger partial charge in [-0.1, -0.05) is 13.0 Å². The molecule has 2 rings (SSSR count). The van der Waals surface area contributed by atoms with Crippen molar-refractivity contribution in [3.05, 3.63) is 55.9 Å². The molecule has 0 aliphatic carbocycles. The van der Waals surface area contributed by atoms with E-state index in [0.717, 1.165) is 23.8 Å². The molecule has 9 nitrogen and oxygen atoms in total. The molecule has 1 heterocycles. The van der Waals surface area contributed by atoms with Gasteiger partial charge in [-0.05, 0) is 25.0 Å². The highest BCUT2D eigenvalue weighted by molar-refractivity contribution is 7.18. The lowest BCUT2D eigenvalue weighted by Gasteiger charge is -2.06. The van der Waals surface area contributed by atoms with Crippen LogP contribution in [0.3, 0.4) is 0 Å². The van der Waals surface area contributed by atoms with Gasteiger partial charge in [0.15, 0.2) is 0 Å². The van der Waals surface area contributed by atoms with E-state index < -0.39 is 16.8 Å². The molecule has 0 saturated heterocycles. The Labute approximate surface area is 164 Å². The molecular weight excluding hydrogens is 386 g/mol. The van der Waals surface area contributed by atoms with Gasteiger partial charge in [0, 0.05) is 24.2 Å². The molecule has 10 heteroatoms. The fraction of sp³-hybridized carbons (Fsp3) is 0.278. The number of non-ortho nitro benzene ring substituents is 1. The molecule has 0 bridgehead atoms. The summed E-state index contributed by atoms with van der Waals surface area (Å²) in [6.45, 7) is 3.97. The number of nitro benzene ring substituents is 1. The second kappa shape index (κ2) is 9.09. The first-order valence-corrected chi connectivity index (χ1v) is 9.17. The number of rotatable bonds is 7. The Hall–Kier alpha value is -3.27. The minimum absolute atomic E-state index is 0.0491. The number of nitrogens with one attached hydrogen (secondary N) is 2.